The Morgan fingerprint density at radius 1 is 0.600 bits per heavy atom. The van der Waals surface area contributed by atoms with Gasteiger partial charge < -0.3 is 14.2 Å². The molecule has 1 N–H and O–H groups in total. The number of carbonyl (C=O) groups excluding carboxylic acids is 3. The molecule has 0 saturated heterocycles. The van der Waals surface area contributed by atoms with Crippen LogP contribution < -0.4 is 0 Å². The largest absolute Gasteiger partial charge is 0.465 e. The first kappa shape index (κ1) is 30.5. The van der Waals surface area contributed by atoms with E-state index in [4.69, 9.17) is 14.2 Å². The fourth-order valence-electron chi connectivity index (χ4n) is 3.99. The Morgan fingerprint density at radius 3 is 1.38 bits per heavy atom. The molecule has 2 unspecified atom stereocenters. The summed E-state index contributed by atoms with van der Waals surface area (Å²) in [5.74, 6) is -5.30. The summed E-state index contributed by atoms with van der Waals surface area (Å²) in [6.07, 6.45) is 0.177. The molecular weight excluding hydrogens is 536 g/mol. The molecule has 40 heavy (non-hydrogen) atoms. The minimum atomic E-state index is -5.17. The van der Waals surface area contributed by atoms with E-state index in [9.17, 15) is 27.4 Å². The van der Waals surface area contributed by atoms with Crippen molar-refractivity contribution in [2.24, 2.45) is 5.92 Å². The van der Waals surface area contributed by atoms with Gasteiger partial charge in [0.05, 0.1) is 32.2 Å². The molecule has 212 valence electrons. The Balaban J connectivity index is 1.69. The van der Waals surface area contributed by atoms with Crippen molar-refractivity contribution in [1.82, 2.24) is 0 Å². The van der Waals surface area contributed by atoms with Gasteiger partial charge in [-0.1, -0.05) is 91.0 Å². The van der Waals surface area contributed by atoms with Crippen LogP contribution in [0.4, 0.5) is 0 Å². The summed E-state index contributed by atoms with van der Waals surface area (Å²) in [6.45, 7) is -0.369. The Kier molecular flexibility index (Phi) is 11.9. The molecule has 0 spiro atoms. The van der Waals surface area contributed by atoms with E-state index in [0.29, 0.717) is 12.8 Å². The number of ether oxygens (including phenoxy) is 3. The second-order valence-corrected chi connectivity index (χ2v) is 10.5. The van der Waals surface area contributed by atoms with Crippen LogP contribution in [-0.2, 0) is 58.0 Å². The highest BCUT2D eigenvalue weighted by Gasteiger charge is 2.46. The zero-order valence-electron chi connectivity index (χ0n) is 21.9. The van der Waals surface area contributed by atoms with Crippen molar-refractivity contribution < 1.29 is 41.6 Å². The molecule has 0 aromatic heterocycles. The van der Waals surface area contributed by atoms with Crippen molar-refractivity contribution in [3.05, 3.63) is 108 Å². The Bertz CT molecular complexity index is 1330. The lowest BCUT2D eigenvalue weighted by Gasteiger charge is -2.22. The van der Waals surface area contributed by atoms with Gasteiger partial charge in [-0.2, -0.15) is 8.42 Å². The highest BCUT2D eigenvalue weighted by molar-refractivity contribution is 7.87. The molecular formula is C30H32O9S. The van der Waals surface area contributed by atoms with Crippen LogP contribution in [0.5, 0.6) is 0 Å². The first-order valence-corrected chi connectivity index (χ1v) is 14.3. The number of rotatable bonds is 15. The van der Waals surface area contributed by atoms with Crippen LogP contribution in [0.3, 0.4) is 0 Å². The average molecular weight is 569 g/mol. The zero-order valence-corrected chi connectivity index (χ0v) is 22.7. The summed E-state index contributed by atoms with van der Waals surface area (Å²) in [6, 6.07) is 27.3. The molecule has 3 aromatic rings. The van der Waals surface area contributed by atoms with Crippen molar-refractivity contribution in [1.29, 1.82) is 0 Å². The second kappa shape index (κ2) is 15.5. The third-order valence-electron chi connectivity index (χ3n) is 6.06. The van der Waals surface area contributed by atoms with Gasteiger partial charge in [0.25, 0.3) is 10.1 Å². The average Bonchev–Trinajstić information content (AvgIpc) is 2.93. The molecule has 0 fully saturated rings. The summed E-state index contributed by atoms with van der Waals surface area (Å²) in [7, 11) is -5.17. The quantitative estimate of drug-likeness (QED) is 0.166. The highest BCUT2D eigenvalue weighted by atomic mass is 32.2. The van der Waals surface area contributed by atoms with E-state index in [-0.39, 0.29) is 26.2 Å². The molecule has 3 aromatic carbocycles. The van der Waals surface area contributed by atoms with E-state index in [2.05, 4.69) is 0 Å². The molecule has 0 heterocycles. The van der Waals surface area contributed by atoms with E-state index in [0.717, 1.165) is 16.7 Å². The van der Waals surface area contributed by atoms with E-state index >= 15 is 0 Å². The third kappa shape index (κ3) is 10.3. The minimum Gasteiger partial charge on any atom is -0.465 e. The SMILES string of the molecule is O=C(CC(C(=O)OCCc1ccccc1)C(C(=O)OCCc1ccccc1)S(=O)(=O)O)OCCc1ccccc1. The first-order valence-electron chi connectivity index (χ1n) is 12.8. The first-order chi connectivity index (χ1) is 19.2. The van der Waals surface area contributed by atoms with Crippen molar-refractivity contribution in [2.45, 2.75) is 30.9 Å². The van der Waals surface area contributed by atoms with Crippen molar-refractivity contribution in [3.8, 4) is 0 Å². The van der Waals surface area contributed by atoms with E-state index in [1.807, 2.05) is 66.7 Å². The van der Waals surface area contributed by atoms with Gasteiger partial charge in [-0.25, -0.2) is 0 Å². The third-order valence-corrected chi connectivity index (χ3v) is 7.22. The predicted octanol–water partition coefficient (Wildman–Crippen LogP) is 3.61. The van der Waals surface area contributed by atoms with Crippen LogP contribution in [0, 0.1) is 5.92 Å². The van der Waals surface area contributed by atoms with Gasteiger partial charge in [-0.05, 0) is 16.7 Å². The highest BCUT2D eigenvalue weighted by Crippen LogP contribution is 2.22. The monoisotopic (exact) mass is 568 g/mol. The van der Waals surface area contributed by atoms with Crippen LogP contribution in [0.2, 0.25) is 0 Å². The van der Waals surface area contributed by atoms with Crippen LogP contribution in [0.1, 0.15) is 23.1 Å². The fourth-order valence-corrected chi connectivity index (χ4v) is 4.92. The van der Waals surface area contributed by atoms with Gasteiger partial charge in [-0.3, -0.25) is 18.9 Å². The van der Waals surface area contributed by atoms with Gasteiger partial charge >= 0.3 is 17.9 Å². The van der Waals surface area contributed by atoms with Crippen LogP contribution in [0.15, 0.2) is 91.0 Å². The summed E-state index contributed by atoms with van der Waals surface area (Å²) in [5.41, 5.74) is 2.60. The number of carbonyl (C=O) groups is 3. The molecule has 2 atom stereocenters. The Labute approximate surface area is 233 Å². The molecule has 0 saturated carbocycles. The number of benzene rings is 3. The normalized spacial score (nSPS) is 12.6. The van der Waals surface area contributed by atoms with Gasteiger partial charge in [-0.15, -0.1) is 0 Å². The van der Waals surface area contributed by atoms with Crippen LogP contribution in [0.25, 0.3) is 0 Å². The Morgan fingerprint density at radius 2 is 0.975 bits per heavy atom. The van der Waals surface area contributed by atoms with Gasteiger partial charge in [0.15, 0.2) is 5.25 Å². The molecule has 0 radical (unpaired) electrons. The van der Waals surface area contributed by atoms with Crippen LogP contribution >= 0.6 is 0 Å². The maximum atomic E-state index is 13.0. The molecule has 0 aliphatic rings. The predicted molar refractivity (Wildman–Crippen MR) is 147 cm³/mol. The Hall–Kier alpha value is -4.02. The molecule has 9 nitrogen and oxygen atoms in total. The molecule has 0 aliphatic heterocycles. The van der Waals surface area contributed by atoms with Gasteiger partial charge in [0, 0.05) is 19.3 Å². The fraction of sp³-hybridized carbons (Fsp3) is 0.300. The van der Waals surface area contributed by atoms with Gasteiger partial charge in [0.1, 0.15) is 0 Å². The molecule has 0 bridgehead atoms. The second-order valence-electron chi connectivity index (χ2n) is 9.01. The van der Waals surface area contributed by atoms with E-state index in [1.165, 1.54) is 0 Å². The number of esters is 3. The van der Waals surface area contributed by atoms with Crippen LogP contribution in [-0.4, -0.2) is 55.9 Å². The molecule has 3 rings (SSSR count). The molecule has 0 amide bonds. The maximum Gasteiger partial charge on any atom is 0.327 e. The lowest BCUT2D eigenvalue weighted by Crippen LogP contribution is -2.44. The standard InChI is InChI=1S/C30H32O9S/c31-27(37-19-16-23-10-4-1-5-11-23)22-26(29(32)38-20-17-24-12-6-2-7-13-24)28(40(34,35)36)30(33)39-21-18-25-14-8-3-9-15-25/h1-15,26,28H,16-22H2,(H,34,35,36). The zero-order chi connectivity index (χ0) is 28.8. The summed E-state index contributed by atoms with van der Waals surface area (Å²) in [5, 5.41) is -2.37. The topological polar surface area (TPSA) is 133 Å². The summed E-state index contributed by atoms with van der Waals surface area (Å²) >= 11 is 0. The van der Waals surface area contributed by atoms with E-state index < -0.39 is 45.6 Å². The molecule has 10 heteroatoms. The minimum absolute atomic E-state index is 0.0311. The number of hydrogen-bond acceptors (Lipinski definition) is 8. The van der Waals surface area contributed by atoms with Crippen molar-refractivity contribution in [3.63, 3.8) is 0 Å². The maximum absolute atomic E-state index is 13.0. The smallest absolute Gasteiger partial charge is 0.327 e. The lowest BCUT2D eigenvalue weighted by atomic mass is 10.0. The summed E-state index contributed by atoms with van der Waals surface area (Å²) in [4.78, 5) is 38.6. The van der Waals surface area contributed by atoms with E-state index in [1.54, 1.807) is 24.3 Å². The molecule has 0 aliphatic carbocycles. The van der Waals surface area contributed by atoms with Crippen molar-refractivity contribution in [2.75, 3.05) is 19.8 Å². The number of hydrogen-bond donors (Lipinski definition) is 1. The van der Waals surface area contributed by atoms with Crippen molar-refractivity contribution >= 4 is 28.0 Å². The summed E-state index contributed by atoms with van der Waals surface area (Å²) < 4.78 is 50.2. The lowest BCUT2D eigenvalue weighted by molar-refractivity contribution is -0.159. The van der Waals surface area contributed by atoms with Gasteiger partial charge in [0.2, 0.25) is 0 Å².